The van der Waals surface area contributed by atoms with E-state index in [4.69, 9.17) is 5.11 Å². The molecular formula is C16H11F6N3O3S2. The van der Waals surface area contributed by atoms with E-state index in [1.807, 2.05) is 4.98 Å². The standard InChI is InChI=1S/C16H11F6N3O3S2/c17-15(18,19)7-4-6-11(23-14(28)24-13(6)27)12(29-3-1-2-26)10(7)8-5-9(25-30-8)16(20,21)22/h4-5,26H,1-3H2,(H2,23,24,27,28). The molecule has 162 valence electrons. The minimum atomic E-state index is -5.01. The third-order valence-corrected chi connectivity index (χ3v) is 5.89. The number of hydrogen-bond donors (Lipinski definition) is 3. The molecule has 0 amide bonds. The van der Waals surface area contributed by atoms with Crippen molar-refractivity contribution in [3.63, 3.8) is 0 Å². The predicted octanol–water partition coefficient (Wildman–Crippen LogP) is 3.85. The zero-order chi connectivity index (χ0) is 22.3. The van der Waals surface area contributed by atoms with Gasteiger partial charge in [0.05, 0.1) is 21.3 Å². The Balaban J connectivity index is 2.42. The van der Waals surface area contributed by atoms with Crippen LogP contribution in [-0.4, -0.2) is 31.8 Å². The lowest BCUT2D eigenvalue weighted by Crippen LogP contribution is -2.23. The number of rotatable bonds is 5. The van der Waals surface area contributed by atoms with Gasteiger partial charge < -0.3 is 10.1 Å². The van der Waals surface area contributed by atoms with Crippen LogP contribution in [0, 0.1) is 0 Å². The molecule has 3 rings (SSSR count). The Morgan fingerprint density at radius 3 is 2.33 bits per heavy atom. The van der Waals surface area contributed by atoms with Gasteiger partial charge in [-0.1, -0.05) is 0 Å². The molecule has 0 fully saturated rings. The van der Waals surface area contributed by atoms with Crippen LogP contribution in [-0.2, 0) is 12.4 Å². The minimum absolute atomic E-state index is 0.0830. The van der Waals surface area contributed by atoms with Gasteiger partial charge in [0.2, 0.25) is 0 Å². The van der Waals surface area contributed by atoms with Crippen LogP contribution >= 0.6 is 23.3 Å². The van der Waals surface area contributed by atoms with Crippen LogP contribution in [0.3, 0.4) is 0 Å². The number of halogens is 6. The summed E-state index contributed by atoms with van der Waals surface area (Å²) in [5, 5.41) is 8.50. The summed E-state index contributed by atoms with van der Waals surface area (Å²) < 4.78 is 83.5. The van der Waals surface area contributed by atoms with Crippen molar-refractivity contribution in [3.8, 4) is 10.4 Å². The van der Waals surface area contributed by atoms with Gasteiger partial charge in [-0.15, -0.1) is 11.8 Å². The number of aliphatic hydroxyl groups excluding tert-OH is 1. The molecule has 3 N–H and O–H groups in total. The monoisotopic (exact) mass is 471 g/mol. The van der Waals surface area contributed by atoms with E-state index in [1.54, 1.807) is 0 Å². The first-order valence-electron chi connectivity index (χ1n) is 8.12. The Morgan fingerprint density at radius 1 is 1.07 bits per heavy atom. The molecule has 2 aromatic heterocycles. The van der Waals surface area contributed by atoms with Gasteiger partial charge in [-0.25, -0.2) is 4.79 Å². The first-order valence-corrected chi connectivity index (χ1v) is 9.88. The van der Waals surface area contributed by atoms with Gasteiger partial charge in [0, 0.05) is 22.8 Å². The van der Waals surface area contributed by atoms with E-state index < -0.39 is 50.7 Å². The van der Waals surface area contributed by atoms with Gasteiger partial charge in [0.1, 0.15) is 0 Å². The number of nitrogens with zero attached hydrogens (tertiary/aromatic N) is 1. The number of benzene rings is 1. The van der Waals surface area contributed by atoms with Crippen LogP contribution in [0.25, 0.3) is 21.3 Å². The van der Waals surface area contributed by atoms with Crippen LogP contribution in [0.4, 0.5) is 26.3 Å². The number of thioether (sulfide) groups is 1. The van der Waals surface area contributed by atoms with Crippen molar-refractivity contribution in [1.29, 1.82) is 0 Å². The Kier molecular flexibility index (Phi) is 6.02. The number of aromatic amines is 2. The summed E-state index contributed by atoms with van der Waals surface area (Å²) in [5.74, 6) is 0.0830. The maximum absolute atomic E-state index is 13.8. The van der Waals surface area contributed by atoms with E-state index in [-0.39, 0.29) is 40.7 Å². The van der Waals surface area contributed by atoms with Crippen LogP contribution in [0.1, 0.15) is 17.7 Å². The van der Waals surface area contributed by atoms with Gasteiger partial charge >= 0.3 is 18.0 Å². The molecule has 0 bridgehead atoms. The Morgan fingerprint density at radius 2 is 1.77 bits per heavy atom. The maximum atomic E-state index is 13.8. The second-order valence-corrected chi connectivity index (χ2v) is 7.87. The fourth-order valence-corrected chi connectivity index (χ4v) is 4.69. The first kappa shape index (κ1) is 22.4. The van der Waals surface area contributed by atoms with E-state index in [1.165, 1.54) is 0 Å². The SMILES string of the molecule is O=c1[nH]c(=O)c2cc(C(F)(F)F)c(-c3cc(C(F)(F)F)ns3)c(SCCCO)c2[nH]1. The summed E-state index contributed by atoms with van der Waals surface area (Å²) in [6.07, 6.45) is -9.72. The molecule has 2 heterocycles. The van der Waals surface area contributed by atoms with Gasteiger partial charge in [-0.05, 0) is 30.1 Å². The second-order valence-electron chi connectivity index (χ2n) is 5.96. The van der Waals surface area contributed by atoms with Gasteiger partial charge in [0.25, 0.3) is 5.56 Å². The maximum Gasteiger partial charge on any atom is 0.434 e. The van der Waals surface area contributed by atoms with Crippen molar-refractivity contribution in [2.45, 2.75) is 23.7 Å². The second kappa shape index (κ2) is 8.07. The van der Waals surface area contributed by atoms with Gasteiger partial charge in [-0.3, -0.25) is 9.78 Å². The highest BCUT2D eigenvalue weighted by molar-refractivity contribution is 7.99. The largest absolute Gasteiger partial charge is 0.434 e. The van der Waals surface area contributed by atoms with Crippen molar-refractivity contribution in [3.05, 3.63) is 44.2 Å². The van der Waals surface area contributed by atoms with E-state index in [2.05, 4.69) is 9.36 Å². The predicted molar refractivity (Wildman–Crippen MR) is 98.7 cm³/mol. The third-order valence-electron chi connectivity index (χ3n) is 3.89. The van der Waals surface area contributed by atoms with E-state index in [0.717, 1.165) is 11.8 Å². The molecule has 30 heavy (non-hydrogen) atoms. The van der Waals surface area contributed by atoms with Crippen LogP contribution in [0.15, 0.2) is 26.6 Å². The average Bonchev–Trinajstić information content (AvgIpc) is 3.11. The lowest BCUT2D eigenvalue weighted by atomic mass is 10.0. The lowest BCUT2D eigenvalue weighted by molar-refractivity contribution is -0.140. The summed E-state index contributed by atoms with van der Waals surface area (Å²) in [6, 6.07) is 0.977. The number of fused-ring (bicyclic) bond motifs is 1. The molecule has 0 saturated heterocycles. The van der Waals surface area contributed by atoms with Crippen molar-refractivity contribution >= 4 is 34.2 Å². The van der Waals surface area contributed by atoms with Crippen LogP contribution < -0.4 is 11.2 Å². The Hall–Kier alpha value is -2.32. The minimum Gasteiger partial charge on any atom is -0.396 e. The Labute approximate surface area is 171 Å². The molecule has 0 aliphatic carbocycles. The smallest absolute Gasteiger partial charge is 0.396 e. The fraction of sp³-hybridized carbons (Fsp3) is 0.312. The third kappa shape index (κ3) is 4.39. The number of H-pyrrole nitrogens is 2. The highest BCUT2D eigenvalue weighted by Gasteiger charge is 2.39. The van der Waals surface area contributed by atoms with E-state index in [9.17, 15) is 35.9 Å². The van der Waals surface area contributed by atoms with Crippen molar-refractivity contribution in [2.24, 2.45) is 0 Å². The molecule has 0 atom stereocenters. The molecule has 1 aromatic carbocycles. The molecular weight excluding hydrogens is 460 g/mol. The molecule has 0 aliphatic rings. The van der Waals surface area contributed by atoms with Crippen LogP contribution in [0.5, 0.6) is 0 Å². The zero-order valence-electron chi connectivity index (χ0n) is 14.6. The molecule has 3 aromatic rings. The normalized spacial score (nSPS) is 12.6. The highest BCUT2D eigenvalue weighted by Crippen LogP contribution is 2.47. The van der Waals surface area contributed by atoms with Crippen molar-refractivity contribution in [2.75, 3.05) is 12.4 Å². The summed E-state index contributed by atoms with van der Waals surface area (Å²) in [4.78, 5) is 27.2. The van der Waals surface area contributed by atoms with Gasteiger partial charge in [0.15, 0.2) is 5.69 Å². The number of aromatic nitrogens is 3. The molecule has 14 heteroatoms. The zero-order valence-corrected chi connectivity index (χ0v) is 16.2. The quantitative estimate of drug-likeness (QED) is 0.298. The van der Waals surface area contributed by atoms with E-state index >= 15 is 0 Å². The average molecular weight is 471 g/mol. The molecule has 0 aliphatic heterocycles. The lowest BCUT2D eigenvalue weighted by Gasteiger charge is -2.18. The summed E-state index contributed by atoms with van der Waals surface area (Å²) >= 11 is 0.995. The first-order chi connectivity index (χ1) is 13.9. The van der Waals surface area contributed by atoms with Crippen molar-refractivity contribution in [1.82, 2.24) is 14.3 Å². The number of aliphatic hydroxyl groups is 1. The molecule has 0 spiro atoms. The number of nitrogens with one attached hydrogen (secondary N) is 2. The summed E-state index contributed by atoms with van der Waals surface area (Å²) in [6.45, 7) is -0.283. The number of hydrogen-bond acceptors (Lipinski definition) is 6. The highest BCUT2D eigenvalue weighted by atomic mass is 32.2. The Bertz CT molecular complexity index is 1200. The topological polar surface area (TPSA) is 98.8 Å². The van der Waals surface area contributed by atoms with Crippen molar-refractivity contribution < 1.29 is 31.4 Å². The summed E-state index contributed by atoms with van der Waals surface area (Å²) in [7, 11) is 0. The molecule has 6 nitrogen and oxygen atoms in total. The molecule has 0 radical (unpaired) electrons. The number of alkyl halides is 6. The summed E-state index contributed by atoms with van der Waals surface area (Å²) in [5.41, 5.74) is -5.61. The van der Waals surface area contributed by atoms with Crippen LogP contribution in [0.2, 0.25) is 0 Å². The van der Waals surface area contributed by atoms with E-state index in [0.29, 0.717) is 12.1 Å². The molecule has 0 unspecified atom stereocenters. The molecule has 0 saturated carbocycles. The fourth-order valence-electron chi connectivity index (χ4n) is 2.65. The van der Waals surface area contributed by atoms with Gasteiger partial charge in [-0.2, -0.15) is 30.7 Å².